The number of nitrogens with zero attached hydrogens (tertiary/aromatic N) is 3. The van der Waals surface area contributed by atoms with Crippen LogP contribution in [-0.4, -0.2) is 73.8 Å². The fourth-order valence-corrected chi connectivity index (χ4v) is 5.90. The van der Waals surface area contributed by atoms with E-state index in [4.69, 9.17) is 4.74 Å². The number of piperidine rings is 1. The van der Waals surface area contributed by atoms with E-state index in [-0.39, 0.29) is 0 Å². The van der Waals surface area contributed by atoms with Gasteiger partial charge in [-0.2, -0.15) is 0 Å². The van der Waals surface area contributed by atoms with Gasteiger partial charge in [-0.05, 0) is 66.1 Å². The zero-order chi connectivity index (χ0) is 27.7. The van der Waals surface area contributed by atoms with Crippen molar-refractivity contribution >= 4 is 6.41 Å². The number of hydrazine groups is 1. The molecule has 5 nitrogen and oxygen atoms in total. The second kappa shape index (κ2) is 25.3. The van der Waals surface area contributed by atoms with E-state index in [1.807, 2.05) is 5.01 Å². The summed E-state index contributed by atoms with van der Waals surface area (Å²) in [6.45, 7) is 8.34. The van der Waals surface area contributed by atoms with Gasteiger partial charge in [-0.25, -0.2) is 5.01 Å². The minimum Gasteiger partial charge on any atom is -0.381 e. The summed E-state index contributed by atoms with van der Waals surface area (Å²) in [6.07, 6.45) is 30.2. The van der Waals surface area contributed by atoms with E-state index < -0.39 is 0 Å². The fraction of sp³-hybridized carbons (Fsp3) is 0.970. The first-order chi connectivity index (χ1) is 18.6. The molecule has 1 aliphatic rings. The van der Waals surface area contributed by atoms with Gasteiger partial charge in [-0.3, -0.25) is 9.80 Å². The average Bonchev–Trinajstić information content (AvgIpc) is 2.91. The first kappa shape index (κ1) is 35.4. The summed E-state index contributed by atoms with van der Waals surface area (Å²) in [5.41, 5.74) is 0. The molecule has 1 aliphatic heterocycles. The molecule has 1 heterocycles. The second-order valence-electron chi connectivity index (χ2n) is 12.3. The lowest BCUT2D eigenvalue weighted by Gasteiger charge is -2.44. The predicted molar refractivity (Wildman–Crippen MR) is 164 cm³/mol. The Bertz CT molecular complexity index is 516. The molecule has 0 N–H and O–H groups in total. The number of carbonyl (C=O) groups excluding carboxylic acids is 1. The van der Waals surface area contributed by atoms with Crippen LogP contribution in [-0.2, 0) is 9.53 Å². The van der Waals surface area contributed by atoms with Crippen LogP contribution >= 0.6 is 0 Å². The van der Waals surface area contributed by atoms with E-state index in [9.17, 15) is 4.79 Å². The Labute approximate surface area is 238 Å². The second-order valence-corrected chi connectivity index (χ2v) is 12.3. The van der Waals surface area contributed by atoms with Gasteiger partial charge in [0.05, 0.1) is 0 Å². The molecule has 0 aromatic carbocycles. The zero-order valence-corrected chi connectivity index (χ0v) is 26.3. The molecular formula is C33H67N3O2. The maximum atomic E-state index is 12.1. The maximum absolute atomic E-state index is 12.1. The number of rotatable bonds is 27. The van der Waals surface area contributed by atoms with Gasteiger partial charge < -0.3 is 9.64 Å². The molecule has 0 radical (unpaired) electrons. The monoisotopic (exact) mass is 538 g/mol. The molecular weight excluding hydrogens is 470 g/mol. The third-order valence-electron chi connectivity index (χ3n) is 8.42. The van der Waals surface area contributed by atoms with Gasteiger partial charge in [-0.1, -0.05) is 110 Å². The lowest BCUT2D eigenvalue weighted by Crippen LogP contribution is -2.54. The Morgan fingerprint density at radius 2 is 1.37 bits per heavy atom. The third-order valence-corrected chi connectivity index (χ3v) is 8.42. The maximum Gasteiger partial charge on any atom is 0.224 e. The molecule has 1 amide bonds. The molecule has 0 aliphatic carbocycles. The summed E-state index contributed by atoms with van der Waals surface area (Å²) in [7, 11) is 4.25. The lowest BCUT2D eigenvalue weighted by molar-refractivity contribution is -0.151. The van der Waals surface area contributed by atoms with Crippen molar-refractivity contribution in [2.75, 3.05) is 40.4 Å². The number of carbonyl (C=O) groups is 1. The van der Waals surface area contributed by atoms with Gasteiger partial charge in [0.2, 0.25) is 6.41 Å². The van der Waals surface area contributed by atoms with Crippen LogP contribution in [0.1, 0.15) is 155 Å². The molecule has 1 fully saturated rings. The SMILES string of the molecule is CCCCCCCCCCCCCCCCCC(C)N(C=O)N1CCCCC1CCOCCCCN(C)C. The number of hydrogen-bond donors (Lipinski definition) is 0. The summed E-state index contributed by atoms with van der Waals surface area (Å²) in [6, 6.07) is 0.737. The molecule has 1 saturated heterocycles. The van der Waals surface area contributed by atoms with Crippen molar-refractivity contribution < 1.29 is 9.53 Å². The van der Waals surface area contributed by atoms with Crippen molar-refractivity contribution in [3.63, 3.8) is 0 Å². The van der Waals surface area contributed by atoms with Gasteiger partial charge in [-0.15, -0.1) is 0 Å². The van der Waals surface area contributed by atoms with Gasteiger partial charge in [0, 0.05) is 31.8 Å². The van der Waals surface area contributed by atoms with Crippen LogP contribution in [0.15, 0.2) is 0 Å². The minimum absolute atomic E-state index is 0.294. The van der Waals surface area contributed by atoms with Crippen molar-refractivity contribution in [1.82, 2.24) is 14.9 Å². The summed E-state index contributed by atoms with van der Waals surface area (Å²) in [4.78, 5) is 14.3. The zero-order valence-electron chi connectivity index (χ0n) is 26.3. The Morgan fingerprint density at radius 1 is 0.789 bits per heavy atom. The highest BCUT2D eigenvalue weighted by Crippen LogP contribution is 2.24. The largest absolute Gasteiger partial charge is 0.381 e. The highest BCUT2D eigenvalue weighted by atomic mass is 16.5. The Kier molecular flexibility index (Phi) is 23.6. The molecule has 2 unspecified atom stereocenters. The summed E-state index contributed by atoms with van der Waals surface area (Å²) >= 11 is 0. The molecule has 0 spiro atoms. The van der Waals surface area contributed by atoms with E-state index in [0.29, 0.717) is 12.1 Å². The normalized spacial score (nSPS) is 17.2. The highest BCUT2D eigenvalue weighted by molar-refractivity contribution is 5.46. The van der Waals surface area contributed by atoms with E-state index in [2.05, 4.69) is 37.9 Å². The molecule has 38 heavy (non-hydrogen) atoms. The van der Waals surface area contributed by atoms with Crippen LogP contribution in [0, 0.1) is 0 Å². The predicted octanol–water partition coefficient (Wildman–Crippen LogP) is 8.61. The number of unbranched alkanes of at least 4 members (excludes halogenated alkanes) is 15. The Balaban J connectivity index is 2.10. The number of amides is 1. The molecule has 0 saturated carbocycles. The summed E-state index contributed by atoms with van der Waals surface area (Å²) in [5, 5.41) is 4.41. The topological polar surface area (TPSA) is 36.0 Å². The number of ether oxygens (including phenoxy) is 1. The van der Waals surface area contributed by atoms with Crippen LogP contribution in [0.5, 0.6) is 0 Å². The van der Waals surface area contributed by atoms with E-state index in [1.165, 1.54) is 122 Å². The molecule has 2 atom stereocenters. The molecule has 1 rings (SSSR count). The molecule has 5 heteroatoms. The Hall–Kier alpha value is -0.650. The van der Waals surface area contributed by atoms with E-state index >= 15 is 0 Å². The first-order valence-electron chi connectivity index (χ1n) is 16.8. The summed E-state index contributed by atoms with van der Waals surface area (Å²) < 4.78 is 5.95. The van der Waals surface area contributed by atoms with Crippen molar-refractivity contribution in [3.8, 4) is 0 Å². The fourth-order valence-electron chi connectivity index (χ4n) is 5.90. The number of hydrogen-bond acceptors (Lipinski definition) is 4. The third kappa shape index (κ3) is 18.6. The van der Waals surface area contributed by atoms with Crippen LogP contribution in [0.25, 0.3) is 0 Å². The van der Waals surface area contributed by atoms with Gasteiger partial charge >= 0.3 is 0 Å². The quantitative estimate of drug-likeness (QED) is 0.0776. The van der Waals surface area contributed by atoms with Crippen LogP contribution in [0.2, 0.25) is 0 Å². The van der Waals surface area contributed by atoms with E-state index in [1.54, 1.807) is 0 Å². The Morgan fingerprint density at radius 3 is 1.92 bits per heavy atom. The van der Waals surface area contributed by atoms with Crippen molar-refractivity contribution in [3.05, 3.63) is 0 Å². The molecule has 0 aromatic heterocycles. The smallest absolute Gasteiger partial charge is 0.224 e. The lowest BCUT2D eigenvalue weighted by atomic mass is 10.0. The highest BCUT2D eigenvalue weighted by Gasteiger charge is 2.29. The van der Waals surface area contributed by atoms with Gasteiger partial charge in [0.1, 0.15) is 0 Å². The van der Waals surface area contributed by atoms with Crippen LogP contribution < -0.4 is 0 Å². The van der Waals surface area contributed by atoms with Crippen molar-refractivity contribution in [2.45, 2.75) is 167 Å². The van der Waals surface area contributed by atoms with Gasteiger partial charge in [0.25, 0.3) is 0 Å². The minimum atomic E-state index is 0.294. The van der Waals surface area contributed by atoms with Crippen LogP contribution in [0.3, 0.4) is 0 Å². The van der Waals surface area contributed by atoms with Crippen molar-refractivity contribution in [1.29, 1.82) is 0 Å². The first-order valence-corrected chi connectivity index (χ1v) is 16.8. The van der Waals surface area contributed by atoms with Crippen LogP contribution in [0.4, 0.5) is 0 Å². The summed E-state index contributed by atoms with van der Waals surface area (Å²) in [5.74, 6) is 0. The standard InChI is InChI=1S/C33H67N3O2/c1-5-6-7-8-9-10-11-12-13-14-15-16-17-18-19-24-32(2)36(31-37)35-28-21-20-25-33(35)26-30-38-29-23-22-27-34(3)4/h31-33H,5-30H2,1-4H3. The molecule has 226 valence electrons. The average molecular weight is 538 g/mol. The van der Waals surface area contributed by atoms with Crippen molar-refractivity contribution in [2.24, 2.45) is 0 Å². The van der Waals surface area contributed by atoms with E-state index in [0.717, 1.165) is 52.0 Å². The van der Waals surface area contributed by atoms with Gasteiger partial charge in [0.15, 0.2) is 0 Å². The molecule has 0 aromatic rings. The molecule has 0 bridgehead atoms.